The molecule has 1 aromatic rings. The van der Waals surface area contributed by atoms with E-state index in [1.54, 1.807) is 0 Å². The molecule has 1 N–H and O–H groups in total. The van der Waals surface area contributed by atoms with E-state index in [0.717, 1.165) is 0 Å². The minimum atomic E-state index is -1.03. The number of carboxylic acids is 1. The van der Waals surface area contributed by atoms with E-state index < -0.39 is 5.97 Å². The van der Waals surface area contributed by atoms with Crippen LogP contribution < -0.4 is 0 Å². The molecule has 0 aromatic carbocycles. The van der Waals surface area contributed by atoms with Gasteiger partial charge in [0.2, 0.25) is 5.76 Å². The Labute approximate surface area is 58.6 Å². The quantitative estimate of drug-likeness (QED) is 0.605. The maximum Gasteiger partial charge on any atom is 0.371 e. The number of rotatable bonds is 1. The summed E-state index contributed by atoms with van der Waals surface area (Å²) in [6.07, 6.45) is 1.32. The van der Waals surface area contributed by atoms with Crippen molar-refractivity contribution in [2.75, 3.05) is 0 Å². The molecule has 54 valence electrons. The maximum absolute atomic E-state index is 9.97. The van der Waals surface area contributed by atoms with Crippen molar-refractivity contribution < 1.29 is 14.3 Å². The number of furan rings is 1. The van der Waals surface area contributed by atoms with E-state index in [4.69, 9.17) is 5.11 Å². The van der Waals surface area contributed by atoms with E-state index >= 15 is 0 Å². The Kier molecular flexibility index (Phi) is 3.72. The molecule has 0 fully saturated rings. The van der Waals surface area contributed by atoms with Crippen LogP contribution in [-0.4, -0.2) is 11.1 Å². The summed E-state index contributed by atoms with van der Waals surface area (Å²) in [5.41, 5.74) is 0. The SMILES string of the molecule is C=C.O=C(O)c1ccco1. The fraction of sp³-hybridized carbons (Fsp3) is 0. The van der Waals surface area contributed by atoms with Gasteiger partial charge in [0, 0.05) is 0 Å². The fourth-order valence-corrected chi connectivity index (χ4v) is 0.400. The molecule has 0 radical (unpaired) electrons. The standard InChI is InChI=1S/C5H4O3.C2H4/c6-5(7)4-2-1-3-8-4;1-2/h1-3H,(H,6,7);1-2H2. The molecule has 0 aliphatic carbocycles. The fourth-order valence-electron chi connectivity index (χ4n) is 0.400. The number of hydrogen-bond donors (Lipinski definition) is 1. The predicted molar refractivity (Wildman–Crippen MR) is 36.9 cm³/mol. The summed E-state index contributed by atoms with van der Waals surface area (Å²) < 4.78 is 4.50. The van der Waals surface area contributed by atoms with E-state index in [2.05, 4.69) is 17.6 Å². The molecule has 1 rings (SSSR count). The maximum atomic E-state index is 9.97. The van der Waals surface area contributed by atoms with Crippen molar-refractivity contribution in [2.45, 2.75) is 0 Å². The third kappa shape index (κ3) is 2.17. The highest BCUT2D eigenvalue weighted by atomic mass is 16.4. The molecule has 0 bridgehead atoms. The Bertz CT molecular complexity index is 189. The molecule has 0 amide bonds. The second-order valence-electron chi connectivity index (χ2n) is 1.28. The molecule has 0 atom stereocenters. The molecule has 0 saturated heterocycles. The highest BCUT2D eigenvalue weighted by Crippen LogP contribution is 1.97. The number of aromatic carboxylic acids is 1. The summed E-state index contributed by atoms with van der Waals surface area (Å²) in [5, 5.41) is 8.18. The van der Waals surface area contributed by atoms with Crippen LogP contribution >= 0.6 is 0 Å². The first-order chi connectivity index (χ1) is 4.80. The molecule has 0 aliphatic rings. The van der Waals surface area contributed by atoms with E-state index in [-0.39, 0.29) is 5.76 Å². The van der Waals surface area contributed by atoms with Crippen molar-refractivity contribution >= 4 is 5.97 Å². The van der Waals surface area contributed by atoms with Crippen molar-refractivity contribution in [1.29, 1.82) is 0 Å². The Hall–Kier alpha value is -1.51. The van der Waals surface area contributed by atoms with Crippen molar-refractivity contribution in [3.63, 3.8) is 0 Å². The molecule has 1 aromatic heterocycles. The molecule has 0 spiro atoms. The zero-order valence-corrected chi connectivity index (χ0v) is 5.41. The molecule has 3 nitrogen and oxygen atoms in total. The molecule has 3 heteroatoms. The second kappa shape index (κ2) is 4.38. The van der Waals surface area contributed by atoms with Gasteiger partial charge in [0.25, 0.3) is 0 Å². The van der Waals surface area contributed by atoms with Crippen LogP contribution in [0.2, 0.25) is 0 Å². The third-order valence-electron chi connectivity index (χ3n) is 0.732. The number of carbonyl (C=O) groups is 1. The van der Waals surface area contributed by atoms with Gasteiger partial charge in [0.15, 0.2) is 0 Å². The molecule has 10 heavy (non-hydrogen) atoms. The van der Waals surface area contributed by atoms with Crippen molar-refractivity contribution in [3.05, 3.63) is 37.3 Å². The summed E-state index contributed by atoms with van der Waals surface area (Å²) in [7, 11) is 0. The third-order valence-corrected chi connectivity index (χ3v) is 0.732. The monoisotopic (exact) mass is 140 g/mol. The minimum absolute atomic E-state index is 0.0231. The van der Waals surface area contributed by atoms with Gasteiger partial charge in [-0.3, -0.25) is 0 Å². The predicted octanol–water partition coefficient (Wildman–Crippen LogP) is 1.78. The van der Waals surface area contributed by atoms with Gasteiger partial charge in [0.1, 0.15) is 0 Å². The van der Waals surface area contributed by atoms with Gasteiger partial charge in [-0.25, -0.2) is 4.79 Å². The molecular weight excluding hydrogens is 132 g/mol. The van der Waals surface area contributed by atoms with Gasteiger partial charge in [-0.15, -0.1) is 13.2 Å². The largest absolute Gasteiger partial charge is 0.475 e. The minimum Gasteiger partial charge on any atom is -0.475 e. The van der Waals surface area contributed by atoms with Gasteiger partial charge in [-0.05, 0) is 12.1 Å². The highest BCUT2D eigenvalue weighted by molar-refractivity contribution is 5.84. The van der Waals surface area contributed by atoms with E-state index in [9.17, 15) is 4.79 Å². The molecule has 0 aliphatic heterocycles. The van der Waals surface area contributed by atoms with Gasteiger partial charge in [0.05, 0.1) is 6.26 Å². The average molecular weight is 140 g/mol. The molecule has 1 heterocycles. The lowest BCUT2D eigenvalue weighted by atomic mass is 10.5. The van der Waals surface area contributed by atoms with Crippen LogP contribution in [0, 0.1) is 0 Å². The van der Waals surface area contributed by atoms with Crippen LogP contribution in [0.3, 0.4) is 0 Å². The van der Waals surface area contributed by atoms with Gasteiger partial charge >= 0.3 is 5.97 Å². The lowest BCUT2D eigenvalue weighted by Crippen LogP contribution is -1.90. The van der Waals surface area contributed by atoms with Crippen LogP contribution in [0.25, 0.3) is 0 Å². The first-order valence-electron chi connectivity index (χ1n) is 2.57. The first-order valence-corrected chi connectivity index (χ1v) is 2.57. The molecular formula is C7H8O3. The smallest absolute Gasteiger partial charge is 0.371 e. The first kappa shape index (κ1) is 8.49. The summed E-state index contributed by atoms with van der Waals surface area (Å²) >= 11 is 0. The second-order valence-corrected chi connectivity index (χ2v) is 1.28. The van der Waals surface area contributed by atoms with Gasteiger partial charge in [-0.1, -0.05) is 0 Å². The Morgan fingerprint density at radius 1 is 1.60 bits per heavy atom. The Balaban J connectivity index is 0.000000371. The topological polar surface area (TPSA) is 50.4 Å². The average Bonchev–Trinajstić information content (AvgIpc) is 2.42. The lowest BCUT2D eigenvalue weighted by molar-refractivity contribution is 0.0662. The zero-order valence-electron chi connectivity index (χ0n) is 5.41. The highest BCUT2D eigenvalue weighted by Gasteiger charge is 2.01. The Morgan fingerprint density at radius 2 is 2.20 bits per heavy atom. The molecule has 0 unspecified atom stereocenters. The van der Waals surface area contributed by atoms with E-state index in [1.807, 2.05) is 0 Å². The van der Waals surface area contributed by atoms with Gasteiger partial charge in [-0.2, -0.15) is 0 Å². The van der Waals surface area contributed by atoms with Crippen LogP contribution in [-0.2, 0) is 0 Å². The van der Waals surface area contributed by atoms with Crippen molar-refractivity contribution in [2.24, 2.45) is 0 Å². The van der Waals surface area contributed by atoms with Crippen molar-refractivity contribution in [1.82, 2.24) is 0 Å². The number of hydrogen-bond acceptors (Lipinski definition) is 2. The zero-order chi connectivity index (χ0) is 7.98. The molecule has 0 saturated carbocycles. The van der Waals surface area contributed by atoms with E-state index in [1.165, 1.54) is 18.4 Å². The van der Waals surface area contributed by atoms with Crippen LogP contribution in [0.1, 0.15) is 10.6 Å². The summed E-state index contributed by atoms with van der Waals surface area (Å²) in [4.78, 5) is 9.97. The van der Waals surface area contributed by atoms with Crippen molar-refractivity contribution in [3.8, 4) is 0 Å². The lowest BCUT2D eigenvalue weighted by Gasteiger charge is -1.79. The van der Waals surface area contributed by atoms with Crippen LogP contribution in [0.5, 0.6) is 0 Å². The normalized spacial score (nSPS) is 7.60. The van der Waals surface area contributed by atoms with Crippen LogP contribution in [0.15, 0.2) is 36.0 Å². The summed E-state index contributed by atoms with van der Waals surface area (Å²) in [6.45, 7) is 6.00. The Morgan fingerprint density at radius 3 is 2.40 bits per heavy atom. The van der Waals surface area contributed by atoms with Gasteiger partial charge < -0.3 is 9.52 Å². The number of carboxylic acid groups (broad SMARTS) is 1. The summed E-state index contributed by atoms with van der Waals surface area (Å²) in [5.74, 6) is -1.06. The van der Waals surface area contributed by atoms with Crippen LogP contribution in [0.4, 0.5) is 0 Å². The van der Waals surface area contributed by atoms with E-state index in [0.29, 0.717) is 0 Å². The summed E-state index contributed by atoms with van der Waals surface area (Å²) in [6, 6.07) is 2.92.